The van der Waals surface area contributed by atoms with Crippen LogP contribution in [0.4, 0.5) is 4.39 Å². The van der Waals surface area contributed by atoms with E-state index >= 15 is 0 Å². The molecule has 6 nitrogen and oxygen atoms in total. The molecule has 4 rings (SSSR count). The quantitative estimate of drug-likeness (QED) is 0.696. The van der Waals surface area contributed by atoms with Crippen LogP contribution in [0.5, 0.6) is 0 Å². The van der Waals surface area contributed by atoms with Crippen molar-refractivity contribution < 1.29 is 13.7 Å². The van der Waals surface area contributed by atoms with E-state index in [1.54, 1.807) is 29.4 Å². The van der Waals surface area contributed by atoms with Crippen LogP contribution < -0.4 is 0 Å². The third kappa shape index (κ3) is 3.17. The van der Waals surface area contributed by atoms with Gasteiger partial charge in [0, 0.05) is 35.9 Å². The standard InChI is InChI=1S/C18H14ClFN4O2/c19-14-8-13(20)4-3-12(14)10-24-15(5-6-16(24)25)18-22-17(23-26-18)11-2-1-7-21-9-11/h1-4,7-9,15H,5-6,10H2. The third-order valence-electron chi connectivity index (χ3n) is 4.33. The van der Waals surface area contributed by atoms with Crippen molar-refractivity contribution in [2.24, 2.45) is 0 Å². The molecule has 0 bridgehead atoms. The Hall–Kier alpha value is -2.80. The Morgan fingerprint density at radius 2 is 2.23 bits per heavy atom. The summed E-state index contributed by atoms with van der Waals surface area (Å²) in [6.07, 6.45) is 4.26. The highest BCUT2D eigenvalue weighted by atomic mass is 35.5. The van der Waals surface area contributed by atoms with E-state index in [1.807, 2.05) is 6.07 Å². The number of aromatic nitrogens is 3. The Bertz CT molecular complexity index is 947. The first kappa shape index (κ1) is 16.7. The summed E-state index contributed by atoms with van der Waals surface area (Å²) in [5, 5.41) is 4.27. The molecule has 0 aliphatic carbocycles. The van der Waals surface area contributed by atoms with E-state index in [9.17, 15) is 9.18 Å². The molecule has 132 valence electrons. The molecule has 3 heterocycles. The van der Waals surface area contributed by atoms with Crippen molar-refractivity contribution in [3.05, 3.63) is 65.0 Å². The number of benzene rings is 1. The van der Waals surface area contributed by atoms with Gasteiger partial charge in [-0.15, -0.1) is 0 Å². The predicted octanol–water partition coefficient (Wildman–Crippen LogP) is 3.79. The van der Waals surface area contributed by atoms with E-state index in [1.165, 1.54) is 12.1 Å². The molecule has 1 amide bonds. The van der Waals surface area contributed by atoms with Crippen molar-refractivity contribution in [2.45, 2.75) is 25.4 Å². The van der Waals surface area contributed by atoms with E-state index in [-0.39, 0.29) is 23.5 Å². The maximum Gasteiger partial charge on any atom is 0.249 e. The summed E-state index contributed by atoms with van der Waals surface area (Å²) in [4.78, 5) is 22.4. The highest BCUT2D eigenvalue weighted by Gasteiger charge is 2.36. The van der Waals surface area contributed by atoms with Gasteiger partial charge in [-0.1, -0.05) is 22.8 Å². The second-order valence-electron chi connectivity index (χ2n) is 6.01. The normalized spacial score (nSPS) is 17.1. The van der Waals surface area contributed by atoms with Crippen LogP contribution in [-0.4, -0.2) is 25.9 Å². The average molecular weight is 373 g/mol. The van der Waals surface area contributed by atoms with Crippen LogP contribution in [0.3, 0.4) is 0 Å². The number of nitrogens with zero attached hydrogens (tertiary/aromatic N) is 4. The molecule has 1 aliphatic heterocycles. The van der Waals surface area contributed by atoms with E-state index < -0.39 is 5.82 Å². The third-order valence-corrected chi connectivity index (χ3v) is 4.68. The zero-order valence-electron chi connectivity index (χ0n) is 13.6. The lowest BCUT2D eigenvalue weighted by Gasteiger charge is -2.22. The Morgan fingerprint density at radius 3 is 3.00 bits per heavy atom. The molecule has 1 unspecified atom stereocenters. The first-order valence-electron chi connectivity index (χ1n) is 8.09. The monoisotopic (exact) mass is 372 g/mol. The molecule has 1 atom stereocenters. The Balaban J connectivity index is 1.59. The SMILES string of the molecule is O=C1CCC(c2nc(-c3cccnc3)no2)N1Cc1ccc(F)cc1Cl. The zero-order chi connectivity index (χ0) is 18.1. The van der Waals surface area contributed by atoms with Crippen LogP contribution in [0.25, 0.3) is 11.4 Å². The lowest BCUT2D eigenvalue weighted by Crippen LogP contribution is -2.27. The summed E-state index contributed by atoms with van der Waals surface area (Å²) in [5.41, 5.74) is 1.40. The summed E-state index contributed by atoms with van der Waals surface area (Å²) in [6.45, 7) is 0.257. The Kier molecular flexibility index (Phi) is 4.38. The summed E-state index contributed by atoms with van der Waals surface area (Å²) in [6, 6.07) is 7.42. The molecule has 0 radical (unpaired) electrons. The van der Waals surface area contributed by atoms with Gasteiger partial charge in [0.2, 0.25) is 17.6 Å². The van der Waals surface area contributed by atoms with Gasteiger partial charge >= 0.3 is 0 Å². The molecule has 3 aromatic rings. The number of pyridine rings is 1. The fourth-order valence-corrected chi connectivity index (χ4v) is 3.23. The molecule has 0 spiro atoms. The molecular weight excluding hydrogens is 359 g/mol. The maximum atomic E-state index is 13.2. The molecule has 26 heavy (non-hydrogen) atoms. The van der Waals surface area contributed by atoms with Gasteiger partial charge in [0.25, 0.3) is 0 Å². The fourth-order valence-electron chi connectivity index (χ4n) is 3.00. The van der Waals surface area contributed by atoms with E-state index in [4.69, 9.17) is 16.1 Å². The van der Waals surface area contributed by atoms with E-state index in [0.29, 0.717) is 30.1 Å². The fraction of sp³-hybridized carbons (Fsp3) is 0.222. The molecule has 1 saturated heterocycles. The molecule has 2 aromatic heterocycles. The van der Waals surface area contributed by atoms with Crippen LogP contribution >= 0.6 is 11.6 Å². The highest BCUT2D eigenvalue weighted by Crippen LogP contribution is 2.35. The van der Waals surface area contributed by atoms with Crippen molar-refractivity contribution in [1.82, 2.24) is 20.0 Å². The Morgan fingerprint density at radius 1 is 1.35 bits per heavy atom. The van der Waals surface area contributed by atoms with Crippen LogP contribution in [-0.2, 0) is 11.3 Å². The van der Waals surface area contributed by atoms with Crippen molar-refractivity contribution in [2.75, 3.05) is 0 Å². The summed E-state index contributed by atoms with van der Waals surface area (Å²) >= 11 is 6.10. The number of likely N-dealkylation sites (tertiary alicyclic amines) is 1. The van der Waals surface area contributed by atoms with E-state index in [2.05, 4.69) is 15.1 Å². The first-order valence-corrected chi connectivity index (χ1v) is 8.47. The minimum atomic E-state index is -0.416. The van der Waals surface area contributed by atoms with Crippen LogP contribution in [0, 0.1) is 5.82 Å². The second-order valence-corrected chi connectivity index (χ2v) is 6.42. The van der Waals surface area contributed by atoms with Crippen LogP contribution in [0.15, 0.2) is 47.2 Å². The number of hydrogen-bond donors (Lipinski definition) is 0. The summed E-state index contributed by atoms with van der Waals surface area (Å²) in [5.74, 6) is 0.345. The molecule has 8 heteroatoms. The molecule has 0 N–H and O–H groups in total. The minimum Gasteiger partial charge on any atom is -0.337 e. The van der Waals surface area contributed by atoms with Gasteiger partial charge < -0.3 is 9.42 Å². The Labute approximate surface area is 153 Å². The lowest BCUT2D eigenvalue weighted by molar-refractivity contribution is -0.129. The average Bonchev–Trinajstić information content (AvgIpc) is 3.26. The predicted molar refractivity (Wildman–Crippen MR) is 91.5 cm³/mol. The molecular formula is C18H14ClFN4O2. The van der Waals surface area contributed by atoms with Crippen LogP contribution in [0.1, 0.15) is 30.3 Å². The topological polar surface area (TPSA) is 72.1 Å². The lowest BCUT2D eigenvalue weighted by atomic mass is 10.1. The number of carbonyl (C=O) groups excluding carboxylic acids is 1. The molecule has 1 aliphatic rings. The van der Waals surface area contributed by atoms with Gasteiger partial charge in [-0.25, -0.2) is 4.39 Å². The number of halogens is 2. The van der Waals surface area contributed by atoms with Crippen molar-refractivity contribution >= 4 is 17.5 Å². The van der Waals surface area contributed by atoms with Gasteiger partial charge in [-0.2, -0.15) is 4.98 Å². The van der Waals surface area contributed by atoms with Crippen molar-refractivity contribution in [1.29, 1.82) is 0 Å². The van der Waals surface area contributed by atoms with Gasteiger partial charge in [0.05, 0.1) is 0 Å². The second kappa shape index (κ2) is 6.84. The van der Waals surface area contributed by atoms with Crippen molar-refractivity contribution in [3.8, 4) is 11.4 Å². The highest BCUT2D eigenvalue weighted by molar-refractivity contribution is 6.31. The molecule has 1 fully saturated rings. The number of carbonyl (C=O) groups is 1. The van der Waals surface area contributed by atoms with Gasteiger partial charge in [0.15, 0.2) is 0 Å². The number of hydrogen-bond acceptors (Lipinski definition) is 5. The smallest absolute Gasteiger partial charge is 0.249 e. The van der Waals surface area contributed by atoms with E-state index in [0.717, 1.165) is 5.56 Å². The largest absolute Gasteiger partial charge is 0.337 e. The number of amides is 1. The summed E-state index contributed by atoms with van der Waals surface area (Å²) < 4.78 is 18.6. The zero-order valence-corrected chi connectivity index (χ0v) is 14.4. The summed E-state index contributed by atoms with van der Waals surface area (Å²) in [7, 11) is 0. The van der Waals surface area contributed by atoms with Crippen LogP contribution in [0.2, 0.25) is 5.02 Å². The van der Waals surface area contributed by atoms with Gasteiger partial charge in [0.1, 0.15) is 11.9 Å². The van der Waals surface area contributed by atoms with Crippen molar-refractivity contribution in [3.63, 3.8) is 0 Å². The first-order chi connectivity index (χ1) is 12.6. The van der Waals surface area contributed by atoms with Gasteiger partial charge in [-0.05, 0) is 36.2 Å². The van der Waals surface area contributed by atoms with Gasteiger partial charge in [-0.3, -0.25) is 9.78 Å². The minimum absolute atomic E-state index is 0.0310. The molecule has 1 aromatic carbocycles. The maximum absolute atomic E-state index is 13.2. The number of rotatable bonds is 4. The molecule has 0 saturated carbocycles.